The zero-order valence-corrected chi connectivity index (χ0v) is 12.6. The summed E-state index contributed by atoms with van der Waals surface area (Å²) in [6.45, 7) is 0. The summed E-state index contributed by atoms with van der Waals surface area (Å²) in [5.41, 5.74) is -0.313. The smallest absolute Gasteiger partial charge is 0.199 e. The van der Waals surface area contributed by atoms with E-state index in [1.54, 1.807) is 0 Å². The molecule has 0 saturated heterocycles. The van der Waals surface area contributed by atoms with Crippen LogP contribution in [0.5, 0.6) is 5.75 Å². The summed E-state index contributed by atoms with van der Waals surface area (Å²) < 4.78 is 32.3. The number of halogens is 4. The normalized spacial score (nSPS) is 10.4. The second kappa shape index (κ2) is 5.89. The number of carbonyl (C=O) groups is 1. The Morgan fingerprint density at radius 2 is 1.85 bits per heavy atom. The number of carbonyl (C=O) groups excluding carboxylic acids is 1. The maximum atomic E-state index is 13.8. The van der Waals surface area contributed by atoms with Crippen molar-refractivity contribution in [1.29, 1.82) is 0 Å². The van der Waals surface area contributed by atoms with Crippen LogP contribution < -0.4 is 4.74 Å². The minimum absolute atomic E-state index is 0.0513. The quantitative estimate of drug-likeness (QED) is 0.589. The Morgan fingerprint density at radius 3 is 2.50 bits per heavy atom. The minimum atomic E-state index is -0.828. The Kier molecular flexibility index (Phi) is 4.40. The SMILES string of the molecule is COc1ccc(Cl)cc1C(=O)c1cc(F)c(Br)cc1F. The van der Waals surface area contributed by atoms with Gasteiger partial charge in [0.2, 0.25) is 0 Å². The number of ether oxygens (including phenoxy) is 1. The van der Waals surface area contributed by atoms with Gasteiger partial charge in [0.05, 0.1) is 22.7 Å². The lowest BCUT2D eigenvalue weighted by Crippen LogP contribution is -2.07. The Hall–Kier alpha value is -1.46. The average molecular weight is 362 g/mol. The highest BCUT2D eigenvalue weighted by Gasteiger charge is 2.20. The van der Waals surface area contributed by atoms with Crippen molar-refractivity contribution in [3.63, 3.8) is 0 Å². The lowest BCUT2D eigenvalue weighted by atomic mass is 10.0. The monoisotopic (exact) mass is 360 g/mol. The van der Waals surface area contributed by atoms with Gasteiger partial charge in [0.1, 0.15) is 17.4 Å². The van der Waals surface area contributed by atoms with Crippen molar-refractivity contribution in [2.24, 2.45) is 0 Å². The zero-order chi connectivity index (χ0) is 14.9. The van der Waals surface area contributed by atoms with E-state index in [-0.39, 0.29) is 21.3 Å². The Morgan fingerprint density at radius 1 is 1.15 bits per heavy atom. The number of hydrogen-bond acceptors (Lipinski definition) is 2. The largest absolute Gasteiger partial charge is 0.496 e. The number of rotatable bonds is 3. The molecule has 0 aliphatic carbocycles. The molecule has 0 aliphatic heterocycles. The van der Waals surface area contributed by atoms with Crippen LogP contribution in [0.3, 0.4) is 0 Å². The van der Waals surface area contributed by atoms with Crippen LogP contribution in [0.15, 0.2) is 34.8 Å². The van der Waals surface area contributed by atoms with Crippen LogP contribution >= 0.6 is 27.5 Å². The molecule has 0 atom stereocenters. The van der Waals surface area contributed by atoms with Crippen LogP contribution in [0.4, 0.5) is 8.78 Å². The Labute approximate surface area is 127 Å². The molecule has 0 aromatic heterocycles. The van der Waals surface area contributed by atoms with Crippen molar-refractivity contribution in [1.82, 2.24) is 0 Å². The fourth-order valence-electron chi connectivity index (χ4n) is 1.70. The highest BCUT2D eigenvalue weighted by atomic mass is 79.9. The summed E-state index contributed by atoms with van der Waals surface area (Å²) in [7, 11) is 1.37. The second-order valence-corrected chi connectivity index (χ2v) is 5.21. The molecule has 0 N–H and O–H groups in total. The molecule has 0 saturated carbocycles. The van der Waals surface area contributed by atoms with Crippen molar-refractivity contribution in [2.75, 3.05) is 7.11 Å². The van der Waals surface area contributed by atoms with E-state index in [9.17, 15) is 13.6 Å². The second-order valence-electron chi connectivity index (χ2n) is 3.92. The maximum absolute atomic E-state index is 13.8. The van der Waals surface area contributed by atoms with Crippen LogP contribution in [0.2, 0.25) is 5.02 Å². The summed E-state index contributed by atoms with van der Waals surface area (Å²) in [6, 6.07) is 6.11. The summed E-state index contributed by atoms with van der Waals surface area (Å²) in [5.74, 6) is -2.02. The van der Waals surface area contributed by atoms with Crippen LogP contribution in [-0.2, 0) is 0 Å². The molecule has 0 fully saturated rings. The predicted octanol–water partition coefficient (Wildman–Crippen LogP) is 4.62. The first-order valence-electron chi connectivity index (χ1n) is 5.47. The molecule has 0 unspecified atom stereocenters. The number of benzene rings is 2. The average Bonchev–Trinajstić information content (AvgIpc) is 2.42. The fourth-order valence-corrected chi connectivity index (χ4v) is 2.19. The van der Waals surface area contributed by atoms with E-state index in [0.717, 1.165) is 12.1 Å². The van der Waals surface area contributed by atoms with Crippen molar-refractivity contribution in [3.05, 3.63) is 62.6 Å². The molecule has 0 bridgehead atoms. The van der Waals surface area contributed by atoms with E-state index >= 15 is 0 Å². The molecule has 104 valence electrons. The first-order chi connectivity index (χ1) is 9.43. The summed E-state index contributed by atoms with van der Waals surface area (Å²) in [4.78, 5) is 12.3. The minimum Gasteiger partial charge on any atom is -0.496 e. The third-order valence-corrected chi connectivity index (χ3v) is 3.50. The molecule has 0 amide bonds. The first-order valence-corrected chi connectivity index (χ1v) is 6.64. The van der Waals surface area contributed by atoms with Crippen LogP contribution in [0, 0.1) is 11.6 Å². The molecule has 2 nitrogen and oxygen atoms in total. The Bertz CT molecular complexity index is 689. The van der Waals surface area contributed by atoms with Gasteiger partial charge in [0.25, 0.3) is 0 Å². The van der Waals surface area contributed by atoms with Gasteiger partial charge < -0.3 is 4.74 Å². The van der Waals surface area contributed by atoms with Gasteiger partial charge in [-0.1, -0.05) is 11.6 Å². The molecule has 0 spiro atoms. The molecule has 2 rings (SSSR count). The predicted molar refractivity (Wildman–Crippen MR) is 75.5 cm³/mol. The number of ketones is 1. The number of methoxy groups -OCH3 is 1. The van der Waals surface area contributed by atoms with E-state index in [1.165, 1.54) is 25.3 Å². The highest BCUT2D eigenvalue weighted by Crippen LogP contribution is 2.28. The van der Waals surface area contributed by atoms with Gasteiger partial charge in [-0.15, -0.1) is 0 Å². The molecule has 0 radical (unpaired) electrons. The van der Waals surface area contributed by atoms with E-state index in [0.29, 0.717) is 5.02 Å². The van der Waals surface area contributed by atoms with Gasteiger partial charge in [0.15, 0.2) is 5.78 Å². The van der Waals surface area contributed by atoms with Crippen LogP contribution in [0.1, 0.15) is 15.9 Å². The van der Waals surface area contributed by atoms with E-state index < -0.39 is 17.4 Å². The first kappa shape index (κ1) is 14.9. The van der Waals surface area contributed by atoms with Gasteiger partial charge >= 0.3 is 0 Å². The summed E-state index contributed by atoms with van der Waals surface area (Å²) in [6.07, 6.45) is 0. The highest BCUT2D eigenvalue weighted by molar-refractivity contribution is 9.10. The van der Waals surface area contributed by atoms with Crippen molar-refractivity contribution in [2.45, 2.75) is 0 Å². The van der Waals surface area contributed by atoms with Gasteiger partial charge in [-0.05, 0) is 46.3 Å². The van der Waals surface area contributed by atoms with Crippen LogP contribution in [0.25, 0.3) is 0 Å². The topological polar surface area (TPSA) is 26.3 Å². The van der Waals surface area contributed by atoms with Crippen molar-refractivity contribution < 1.29 is 18.3 Å². The number of hydrogen-bond donors (Lipinski definition) is 0. The van der Waals surface area contributed by atoms with Crippen LogP contribution in [-0.4, -0.2) is 12.9 Å². The molecular formula is C14H8BrClF2O2. The third kappa shape index (κ3) is 2.83. The van der Waals surface area contributed by atoms with Gasteiger partial charge in [-0.2, -0.15) is 0 Å². The lowest BCUT2D eigenvalue weighted by Gasteiger charge is -2.09. The van der Waals surface area contributed by atoms with Gasteiger partial charge in [0, 0.05) is 5.02 Å². The zero-order valence-electron chi connectivity index (χ0n) is 10.2. The molecular weight excluding hydrogens is 354 g/mol. The van der Waals surface area contributed by atoms with E-state index in [4.69, 9.17) is 16.3 Å². The molecule has 20 heavy (non-hydrogen) atoms. The molecule has 0 heterocycles. The van der Waals surface area contributed by atoms with Crippen molar-refractivity contribution >= 4 is 33.3 Å². The Balaban J connectivity index is 2.57. The van der Waals surface area contributed by atoms with Crippen molar-refractivity contribution in [3.8, 4) is 5.75 Å². The summed E-state index contributed by atoms with van der Waals surface area (Å²) in [5, 5.41) is 0.298. The lowest BCUT2D eigenvalue weighted by molar-refractivity contribution is 0.103. The maximum Gasteiger partial charge on any atom is 0.199 e. The standard InChI is InChI=1S/C14H8BrClF2O2/c1-20-13-3-2-7(16)4-9(13)14(19)8-5-12(18)10(15)6-11(8)17/h2-6H,1H3. The molecule has 6 heteroatoms. The van der Waals surface area contributed by atoms with E-state index in [1.807, 2.05) is 0 Å². The summed E-state index contributed by atoms with van der Waals surface area (Å²) >= 11 is 8.67. The van der Waals surface area contributed by atoms with E-state index in [2.05, 4.69) is 15.9 Å². The molecule has 0 aliphatic rings. The van der Waals surface area contributed by atoms with Gasteiger partial charge in [-0.25, -0.2) is 8.78 Å². The fraction of sp³-hybridized carbons (Fsp3) is 0.0714. The molecule has 2 aromatic carbocycles. The third-order valence-electron chi connectivity index (χ3n) is 2.66. The van der Waals surface area contributed by atoms with Gasteiger partial charge in [-0.3, -0.25) is 4.79 Å². The molecule has 2 aromatic rings.